The molecule has 1 fully saturated rings. The Morgan fingerprint density at radius 3 is 2.73 bits per heavy atom. The Morgan fingerprint density at radius 2 is 1.96 bits per heavy atom. The van der Waals surface area contributed by atoms with E-state index in [0.717, 1.165) is 29.9 Å². The maximum atomic E-state index is 4.59. The molecule has 136 valence electrons. The lowest BCUT2D eigenvalue weighted by molar-refractivity contribution is 0.232. The van der Waals surface area contributed by atoms with Gasteiger partial charge in [-0.2, -0.15) is 0 Å². The number of likely N-dealkylation sites (tertiary alicyclic amines) is 1. The molecule has 1 aliphatic rings. The first-order valence-corrected chi connectivity index (χ1v) is 9.27. The molecule has 1 N–H and O–H groups in total. The number of fused-ring (bicyclic) bond motifs is 1. The van der Waals surface area contributed by atoms with Gasteiger partial charge in [-0.3, -0.25) is 4.90 Å². The predicted molar refractivity (Wildman–Crippen MR) is 106 cm³/mol. The predicted octanol–water partition coefficient (Wildman–Crippen LogP) is 3.87. The van der Waals surface area contributed by atoms with E-state index in [-0.39, 0.29) is 5.41 Å². The van der Waals surface area contributed by atoms with Crippen LogP contribution in [0.4, 0.5) is 5.82 Å². The molecule has 0 saturated carbocycles. The number of likely N-dealkylation sites (N-methyl/N-ethyl adjacent to an activating group) is 1. The molecule has 1 saturated heterocycles. The number of H-pyrrole nitrogens is 1. The van der Waals surface area contributed by atoms with Crippen LogP contribution in [0.3, 0.4) is 0 Å². The van der Waals surface area contributed by atoms with E-state index in [1.54, 1.807) is 6.33 Å². The van der Waals surface area contributed by atoms with Gasteiger partial charge in [0.05, 0.1) is 5.39 Å². The van der Waals surface area contributed by atoms with Crippen molar-refractivity contribution in [2.24, 2.45) is 5.41 Å². The van der Waals surface area contributed by atoms with Gasteiger partial charge in [0.1, 0.15) is 17.8 Å². The molecule has 1 aliphatic heterocycles. The molecule has 0 unspecified atom stereocenters. The van der Waals surface area contributed by atoms with Crippen molar-refractivity contribution in [2.75, 3.05) is 25.0 Å². The molecule has 1 aromatic carbocycles. The smallest absolute Gasteiger partial charge is 0.142 e. The number of hydrogen-bond acceptors (Lipinski definition) is 4. The number of aromatic amines is 1. The summed E-state index contributed by atoms with van der Waals surface area (Å²) in [5, 5.41) is 1.08. The zero-order valence-corrected chi connectivity index (χ0v) is 16.0. The molecule has 0 bridgehead atoms. The number of aromatic nitrogens is 3. The van der Waals surface area contributed by atoms with Crippen LogP contribution in [0.1, 0.15) is 32.4 Å². The molecule has 26 heavy (non-hydrogen) atoms. The third-order valence-electron chi connectivity index (χ3n) is 5.88. The lowest BCUT2D eigenvalue weighted by Gasteiger charge is -2.34. The number of nitrogens with one attached hydrogen (secondary N) is 1. The molecular formula is C21H27N5. The molecule has 3 aromatic rings. The highest BCUT2D eigenvalue weighted by molar-refractivity contribution is 5.87. The summed E-state index contributed by atoms with van der Waals surface area (Å²) in [6.07, 6.45) is 3.58. The number of benzene rings is 1. The molecule has 5 heteroatoms. The lowest BCUT2D eigenvalue weighted by atomic mass is 9.87. The van der Waals surface area contributed by atoms with Crippen molar-refractivity contribution in [3.8, 4) is 0 Å². The van der Waals surface area contributed by atoms with Crippen LogP contribution in [-0.2, 0) is 0 Å². The third kappa shape index (κ3) is 2.86. The van der Waals surface area contributed by atoms with Crippen LogP contribution >= 0.6 is 0 Å². The maximum absolute atomic E-state index is 4.59. The van der Waals surface area contributed by atoms with Crippen molar-refractivity contribution >= 4 is 16.9 Å². The van der Waals surface area contributed by atoms with Crippen LogP contribution in [-0.4, -0.2) is 46.0 Å². The van der Waals surface area contributed by atoms with Crippen molar-refractivity contribution in [1.29, 1.82) is 0 Å². The number of rotatable bonds is 4. The summed E-state index contributed by atoms with van der Waals surface area (Å²) >= 11 is 0. The van der Waals surface area contributed by atoms with E-state index < -0.39 is 0 Å². The van der Waals surface area contributed by atoms with E-state index in [9.17, 15) is 0 Å². The third-order valence-corrected chi connectivity index (χ3v) is 5.88. The van der Waals surface area contributed by atoms with Crippen molar-refractivity contribution in [1.82, 2.24) is 19.9 Å². The maximum Gasteiger partial charge on any atom is 0.142 e. The van der Waals surface area contributed by atoms with Crippen molar-refractivity contribution < 1.29 is 0 Å². The van der Waals surface area contributed by atoms with E-state index in [4.69, 9.17) is 0 Å². The van der Waals surface area contributed by atoms with E-state index >= 15 is 0 Å². The molecule has 3 heterocycles. The second-order valence-electron chi connectivity index (χ2n) is 8.07. The molecule has 4 rings (SSSR count). The Morgan fingerprint density at radius 1 is 1.19 bits per heavy atom. The van der Waals surface area contributed by atoms with Crippen LogP contribution < -0.4 is 4.90 Å². The van der Waals surface area contributed by atoms with E-state index in [0.29, 0.717) is 12.1 Å². The Labute approximate surface area is 155 Å². The Bertz CT molecular complexity index is 886. The first kappa shape index (κ1) is 17.0. The summed E-state index contributed by atoms with van der Waals surface area (Å²) in [5.74, 6) is 1.00. The molecular weight excluding hydrogens is 322 g/mol. The van der Waals surface area contributed by atoms with Gasteiger partial charge in [0, 0.05) is 38.4 Å². The Hall–Kier alpha value is -2.40. The van der Waals surface area contributed by atoms with Gasteiger partial charge in [-0.1, -0.05) is 44.2 Å². The Kier molecular flexibility index (Phi) is 4.19. The van der Waals surface area contributed by atoms with E-state index in [1.165, 1.54) is 5.56 Å². The van der Waals surface area contributed by atoms with Crippen molar-refractivity contribution in [3.63, 3.8) is 0 Å². The number of anilines is 1. The Balaban J connectivity index is 1.61. The number of nitrogens with zero attached hydrogens (tertiary/aromatic N) is 4. The topological polar surface area (TPSA) is 48.1 Å². The molecule has 5 nitrogen and oxygen atoms in total. The van der Waals surface area contributed by atoms with Crippen molar-refractivity contribution in [2.45, 2.75) is 32.9 Å². The lowest BCUT2D eigenvalue weighted by Crippen LogP contribution is -2.43. The highest BCUT2D eigenvalue weighted by atomic mass is 15.3. The second-order valence-corrected chi connectivity index (χ2v) is 8.07. The minimum atomic E-state index is 0.172. The van der Waals surface area contributed by atoms with Crippen molar-refractivity contribution in [3.05, 3.63) is 54.5 Å². The van der Waals surface area contributed by atoms with Gasteiger partial charge in [-0.25, -0.2) is 9.97 Å². The van der Waals surface area contributed by atoms with Gasteiger partial charge in [-0.15, -0.1) is 0 Å². The van der Waals surface area contributed by atoms with Crippen LogP contribution in [0, 0.1) is 5.41 Å². The second kappa shape index (κ2) is 6.40. The quantitative estimate of drug-likeness (QED) is 0.777. The summed E-state index contributed by atoms with van der Waals surface area (Å²) in [5.41, 5.74) is 2.44. The average Bonchev–Trinajstić information content (AvgIpc) is 3.24. The van der Waals surface area contributed by atoms with Crippen LogP contribution in [0.25, 0.3) is 11.0 Å². The first-order valence-electron chi connectivity index (χ1n) is 9.27. The van der Waals surface area contributed by atoms with Crippen LogP contribution in [0.2, 0.25) is 0 Å². The molecule has 0 aliphatic carbocycles. The fourth-order valence-corrected chi connectivity index (χ4v) is 4.33. The highest BCUT2D eigenvalue weighted by Gasteiger charge is 2.43. The van der Waals surface area contributed by atoms with E-state index in [2.05, 4.69) is 89.0 Å². The summed E-state index contributed by atoms with van der Waals surface area (Å²) in [7, 11) is 2.16. The summed E-state index contributed by atoms with van der Waals surface area (Å²) < 4.78 is 0. The minimum absolute atomic E-state index is 0.172. The number of hydrogen-bond donors (Lipinski definition) is 1. The molecule has 0 radical (unpaired) electrons. The average molecular weight is 349 g/mol. The zero-order valence-electron chi connectivity index (χ0n) is 16.0. The fraction of sp³-hybridized carbons (Fsp3) is 0.429. The molecule has 2 atom stereocenters. The minimum Gasteiger partial charge on any atom is -0.354 e. The monoisotopic (exact) mass is 349 g/mol. The summed E-state index contributed by atoms with van der Waals surface area (Å²) in [6, 6.07) is 13.6. The van der Waals surface area contributed by atoms with Gasteiger partial charge in [-0.05, 0) is 24.0 Å². The molecule has 0 spiro atoms. The fourth-order valence-electron chi connectivity index (χ4n) is 4.33. The molecule has 2 aromatic heterocycles. The highest BCUT2D eigenvalue weighted by Crippen LogP contribution is 2.39. The van der Waals surface area contributed by atoms with Crippen LogP contribution in [0.15, 0.2) is 48.9 Å². The normalized spacial score (nSPS) is 21.2. The zero-order chi connectivity index (χ0) is 18.3. The van der Waals surface area contributed by atoms with Gasteiger partial charge < -0.3 is 9.88 Å². The standard InChI is InChI=1S/C21H27N5/c1-15(16-8-6-5-7-9-16)26-12-18(21(2,3)13-26)25(4)20-17-10-11-22-19(17)23-14-24-20/h5-11,14-15,18H,12-13H2,1-4H3,(H,22,23,24)/t15-,18+/m1/s1. The largest absolute Gasteiger partial charge is 0.354 e. The van der Waals surface area contributed by atoms with Gasteiger partial charge in [0.25, 0.3) is 0 Å². The summed E-state index contributed by atoms with van der Waals surface area (Å²) in [4.78, 5) is 17.0. The van der Waals surface area contributed by atoms with Gasteiger partial charge >= 0.3 is 0 Å². The summed E-state index contributed by atoms with van der Waals surface area (Å²) in [6.45, 7) is 9.13. The van der Waals surface area contributed by atoms with E-state index in [1.807, 2.05) is 6.20 Å². The molecule has 0 amide bonds. The van der Waals surface area contributed by atoms with Gasteiger partial charge in [0.15, 0.2) is 0 Å². The van der Waals surface area contributed by atoms with Crippen LogP contribution in [0.5, 0.6) is 0 Å². The van der Waals surface area contributed by atoms with Gasteiger partial charge in [0.2, 0.25) is 0 Å². The first-order chi connectivity index (χ1) is 12.5. The SMILES string of the molecule is C[C@H](c1ccccc1)N1C[C@H](N(C)c2ncnc3[nH]ccc23)C(C)(C)C1.